The van der Waals surface area contributed by atoms with Gasteiger partial charge in [0.25, 0.3) is 0 Å². The number of hydrogen-bond acceptors (Lipinski definition) is 3. The smallest absolute Gasteiger partial charge is 0.227 e. The summed E-state index contributed by atoms with van der Waals surface area (Å²) in [5.74, 6) is -0.310. The van der Waals surface area contributed by atoms with Crippen molar-refractivity contribution in [3.63, 3.8) is 0 Å². The summed E-state index contributed by atoms with van der Waals surface area (Å²) in [6.07, 6.45) is 3.17. The van der Waals surface area contributed by atoms with E-state index in [1.807, 2.05) is 19.1 Å². The van der Waals surface area contributed by atoms with Crippen LogP contribution < -0.4 is 16.0 Å². The van der Waals surface area contributed by atoms with Gasteiger partial charge in [-0.2, -0.15) is 0 Å². The second-order valence-electron chi connectivity index (χ2n) is 6.38. The first kappa shape index (κ1) is 17.5. The molecule has 0 saturated carbocycles. The van der Waals surface area contributed by atoms with Crippen LogP contribution in [0.3, 0.4) is 0 Å². The van der Waals surface area contributed by atoms with E-state index in [0.717, 1.165) is 24.9 Å². The number of nitrogens with zero attached hydrogens (tertiary/aromatic N) is 1. The Bertz CT molecular complexity index is 540. The van der Waals surface area contributed by atoms with E-state index in [4.69, 9.17) is 5.73 Å². The molecule has 2 unspecified atom stereocenters. The number of carbonyl (C=O) groups is 2. The molecule has 1 heterocycles. The maximum atomic E-state index is 12.2. The Balaban J connectivity index is 1.92. The molecule has 1 aliphatic heterocycles. The Morgan fingerprint density at radius 1 is 1.39 bits per heavy atom. The highest BCUT2D eigenvalue weighted by atomic mass is 16.2. The minimum absolute atomic E-state index is 0.0144. The summed E-state index contributed by atoms with van der Waals surface area (Å²) in [5.41, 5.74) is 7.82. The Kier molecular flexibility index (Phi) is 6.16. The van der Waals surface area contributed by atoms with Crippen LogP contribution in [0.15, 0.2) is 24.3 Å². The zero-order chi connectivity index (χ0) is 16.8. The molecule has 0 bridgehead atoms. The summed E-state index contributed by atoms with van der Waals surface area (Å²) >= 11 is 0. The van der Waals surface area contributed by atoms with Crippen LogP contribution in [-0.2, 0) is 16.0 Å². The normalized spacial score (nSPS) is 19.0. The molecule has 1 aromatic rings. The Morgan fingerprint density at radius 2 is 2.09 bits per heavy atom. The molecule has 0 aromatic heterocycles. The molecule has 1 aromatic carbocycles. The zero-order valence-electron chi connectivity index (χ0n) is 14.0. The maximum Gasteiger partial charge on any atom is 0.227 e. The number of amides is 2. The third kappa shape index (κ3) is 4.79. The Labute approximate surface area is 138 Å². The van der Waals surface area contributed by atoms with Gasteiger partial charge >= 0.3 is 0 Å². The van der Waals surface area contributed by atoms with Gasteiger partial charge in [0.2, 0.25) is 11.8 Å². The first-order chi connectivity index (χ1) is 11.0. The zero-order valence-corrected chi connectivity index (χ0v) is 14.0. The highest BCUT2D eigenvalue weighted by Gasteiger charge is 2.34. The Hall–Kier alpha value is -1.88. The van der Waals surface area contributed by atoms with Crippen molar-refractivity contribution in [2.45, 2.75) is 45.6 Å². The highest BCUT2D eigenvalue weighted by Crippen LogP contribution is 2.25. The lowest BCUT2D eigenvalue weighted by Gasteiger charge is -2.17. The topological polar surface area (TPSA) is 75.4 Å². The molecule has 2 rings (SSSR count). The molecule has 1 aliphatic rings. The summed E-state index contributed by atoms with van der Waals surface area (Å²) in [5, 5.41) is 2.88. The van der Waals surface area contributed by atoms with Crippen molar-refractivity contribution in [1.82, 2.24) is 5.32 Å². The summed E-state index contributed by atoms with van der Waals surface area (Å²) in [6.45, 7) is 5.07. The number of nitrogens with one attached hydrogen (secondary N) is 1. The molecule has 0 spiro atoms. The van der Waals surface area contributed by atoms with Crippen molar-refractivity contribution in [2.75, 3.05) is 18.0 Å². The maximum absolute atomic E-state index is 12.2. The molecule has 5 heteroatoms. The largest absolute Gasteiger partial charge is 0.356 e. The second kappa shape index (κ2) is 8.11. The first-order valence-electron chi connectivity index (χ1n) is 8.43. The van der Waals surface area contributed by atoms with E-state index in [9.17, 15) is 9.59 Å². The van der Waals surface area contributed by atoms with Crippen LogP contribution in [0, 0.1) is 5.92 Å². The minimum atomic E-state index is -0.272. The molecule has 2 amide bonds. The third-order valence-corrected chi connectivity index (χ3v) is 4.18. The standard InChI is InChI=1S/C18H27N3O2/c1-3-4-14-5-7-16(8-6-14)21-12-15(11-17(21)22)18(23)20-10-9-13(2)19/h5-8,13,15H,3-4,9-12,19H2,1-2H3,(H,20,23). The lowest BCUT2D eigenvalue weighted by atomic mass is 10.1. The van der Waals surface area contributed by atoms with Gasteiger partial charge in [0.05, 0.1) is 5.92 Å². The van der Waals surface area contributed by atoms with Crippen LogP contribution in [0.25, 0.3) is 0 Å². The second-order valence-corrected chi connectivity index (χ2v) is 6.38. The van der Waals surface area contributed by atoms with Crippen LogP contribution >= 0.6 is 0 Å². The van der Waals surface area contributed by atoms with Crippen molar-refractivity contribution < 1.29 is 9.59 Å². The van der Waals surface area contributed by atoms with Crippen molar-refractivity contribution >= 4 is 17.5 Å². The van der Waals surface area contributed by atoms with Crippen LogP contribution in [0.5, 0.6) is 0 Å². The summed E-state index contributed by atoms with van der Waals surface area (Å²) in [4.78, 5) is 26.1. The molecule has 3 N–H and O–H groups in total. The average molecular weight is 317 g/mol. The number of anilines is 1. The fourth-order valence-corrected chi connectivity index (χ4v) is 2.83. The van der Waals surface area contributed by atoms with Crippen molar-refractivity contribution in [3.05, 3.63) is 29.8 Å². The quantitative estimate of drug-likeness (QED) is 0.806. The van der Waals surface area contributed by atoms with Crippen LogP contribution in [0.4, 0.5) is 5.69 Å². The molecule has 1 fully saturated rings. The molecule has 0 radical (unpaired) electrons. The van der Waals surface area contributed by atoms with Gasteiger partial charge in [0.15, 0.2) is 0 Å². The molecule has 5 nitrogen and oxygen atoms in total. The summed E-state index contributed by atoms with van der Waals surface area (Å²) in [6, 6.07) is 8.13. The van der Waals surface area contributed by atoms with Crippen molar-refractivity contribution in [3.8, 4) is 0 Å². The van der Waals surface area contributed by atoms with Gasteiger partial charge in [-0.15, -0.1) is 0 Å². The molecular formula is C18H27N3O2. The molecule has 1 saturated heterocycles. The lowest BCUT2D eigenvalue weighted by Crippen LogP contribution is -2.35. The predicted octanol–water partition coefficient (Wildman–Crippen LogP) is 1.85. The van der Waals surface area contributed by atoms with Gasteiger partial charge in [-0.1, -0.05) is 25.5 Å². The van der Waals surface area contributed by atoms with Crippen LogP contribution in [-0.4, -0.2) is 30.9 Å². The Morgan fingerprint density at radius 3 is 2.70 bits per heavy atom. The van der Waals surface area contributed by atoms with Crippen LogP contribution in [0.2, 0.25) is 0 Å². The summed E-state index contributed by atoms with van der Waals surface area (Å²) in [7, 11) is 0. The number of rotatable bonds is 7. The van der Waals surface area contributed by atoms with Gasteiger partial charge in [-0.05, 0) is 37.5 Å². The van der Waals surface area contributed by atoms with E-state index in [-0.39, 0.29) is 30.2 Å². The molecule has 23 heavy (non-hydrogen) atoms. The van der Waals surface area contributed by atoms with E-state index in [2.05, 4.69) is 24.4 Å². The van der Waals surface area contributed by atoms with Crippen molar-refractivity contribution in [2.24, 2.45) is 11.7 Å². The van der Waals surface area contributed by atoms with Crippen LogP contribution in [0.1, 0.15) is 38.7 Å². The fraction of sp³-hybridized carbons (Fsp3) is 0.556. The molecular weight excluding hydrogens is 290 g/mol. The van der Waals surface area contributed by atoms with E-state index in [0.29, 0.717) is 13.1 Å². The van der Waals surface area contributed by atoms with E-state index in [1.54, 1.807) is 4.90 Å². The number of benzene rings is 1. The lowest BCUT2D eigenvalue weighted by molar-refractivity contribution is -0.126. The van der Waals surface area contributed by atoms with E-state index in [1.165, 1.54) is 5.56 Å². The molecule has 0 aliphatic carbocycles. The van der Waals surface area contributed by atoms with Gasteiger partial charge < -0.3 is 16.0 Å². The van der Waals surface area contributed by atoms with Gasteiger partial charge in [0, 0.05) is 31.2 Å². The fourth-order valence-electron chi connectivity index (χ4n) is 2.83. The van der Waals surface area contributed by atoms with E-state index >= 15 is 0 Å². The van der Waals surface area contributed by atoms with Gasteiger partial charge in [-0.25, -0.2) is 0 Å². The first-order valence-corrected chi connectivity index (χ1v) is 8.43. The third-order valence-electron chi connectivity index (χ3n) is 4.18. The van der Waals surface area contributed by atoms with Crippen molar-refractivity contribution in [1.29, 1.82) is 0 Å². The summed E-state index contributed by atoms with van der Waals surface area (Å²) < 4.78 is 0. The highest BCUT2D eigenvalue weighted by molar-refractivity contribution is 6.00. The predicted molar refractivity (Wildman–Crippen MR) is 92.2 cm³/mol. The SMILES string of the molecule is CCCc1ccc(N2CC(C(=O)NCCC(C)N)CC2=O)cc1. The number of aryl methyl sites for hydroxylation is 1. The monoisotopic (exact) mass is 317 g/mol. The average Bonchev–Trinajstić information content (AvgIpc) is 2.90. The minimum Gasteiger partial charge on any atom is -0.356 e. The van der Waals surface area contributed by atoms with Gasteiger partial charge in [-0.3, -0.25) is 9.59 Å². The van der Waals surface area contributed by atoms with E-state index < -0.39 is 0 Å². The molecule has 126 valence electrons. The molecule has 2 atom stereocenters. The number of carbonyl (C=O) groups excluding carboxylic acids is 2. The van der Waals surface area contributed by atoms with Gasteiger partial charge in [0.1, 0.15) is 0 Å². The number of nitrogens with two attached hydrogens (primary N) is 1. The number of hydrogen-bond donors (Lipinski definition) is 2.